The second-order valence-electron chi connectivity index (χ2n) is 5.68. The van der Waals surface area contributed by atoms with E-state index < -0.39 is 0 Å². The molecule has 1 aromatic rings. The molecule has 0 aromatic heterocycles. The zero-order valence-corrected chi connectivity index (χ0v) is 11.3. The molecular formula is C15H21NO2. The van der Waals surface area contributed by atoms with Gasteiger partial charge in [0.25, 0.3) is 5.91 Å². The first kappa shape index (κ1) is 12.9. The molecule has 1 saturated heterocycles. The molecule has 3 nitrogen and oxygen atoms in total. The normalized spacial score (nSPS) is 24.1. The molecule has 1 aromatic carbocycles. The molecule has 2 atom stereocenters. The van der Waals surface area contributed by atoms with Crippen LogP contribution in [0.25, 0.3) is 0 Å². The monoisotopic (exact) mass is 247 g/mol. The molecule has 1 N–H and O–H groups in total. The maximum Gasteiger partial charge on any atom is 0.257 e. The highest BCUT2D eigenvalue weighted by Gasteiger charge is 2.27. The lowest BCUT2D eigenvalue weighted by Gasteiger charge is -2.35. The minimum Gasteiger partial charge on any atom is -0.507 e. The topological polar surface area (TPSA) is 40.5 Å². The fourth-order valence-electron chi connectivity index (χ4n) is 2.82. The van der Waals surface area contributed by atoms with Gasteiger partial charge in [-0.25, -0.2) is 0 Å². The van der Waals surface area contributed by atoms with Crippen LogP contribution in [0.3, 0.4) is 0 Å². The molecule has 0 radical (unpaired) electrons. The standard InChI is InChI=1S/C15H21NO2/c1-10-4-5-13(14(17)7-10)15(18)16-8-11(2)6-12(3)9-16/h4-5,7,11-12,17H,6,8-9H2,1-3H3. The Kier molecular flexibility index (Phi) is 3.60. The number of benzene rings is 1. The highest BCUT2D eigenvalue weighted by molar-refractivity contribution is 5.97. The van der Waals surface area contributed by atoms with Crippen molar-refractivity contribution in [2.75, 3.05) is 13.1 Å². The number of piperidine rings is 1. The number of likely N-dealkylation sites (tertiary alicyclic amines) is 1. The van der Waals surface area contributed by atoms with Crippen LogP contribution in [0.4, 0.5) is 0 Å². The van der Waals surface area contributed by atoms with Crippen molar-refractivity contribution in [1.29, 1.82) is 0 Å². The van der Waals surface area contributed by atoms with E-state index in [-0.39, 0.29) is 11.7 Å². The Morgan fingerprint density at radius 1 is 1.28 bits per heavy atom. The number of hydrogen-bond donors (Lipinski definition) is 1. The van der Waals surface area contributed by atoms with Crippen molar-refractivity contribution in [3.05, 3.63) is 29.3 Å². The second kappa shape index (κ2) is 5.01. The summed E-state index contributed by atoms with van der Waals surface area (Å²) in [6, 6.07) is 5.23. The molecule has 3 heteroatoms. The van der Waals surface area contributed by atoms with Crippen molar-refractivity contribution in [3.63, 3.8) is 0 Å². The van der Waals surface area contributed by atoms with E-state index in [9.17, 15) is 9.90 Å². The van der Waals surface area contributed by atoms with Crippen molar-refractivity contribution >= 4 is 5.91 Å². The zero-order valence-electron chi connectivity index (χ0n) is 11.3. The maximum absolute atomic E-state index is 12.4. The average molecular weight is 247 g/mol. The Balaban J connectivity index is 2.20. The minimum atomic E-state index is -0.0501. The van der Waals surface area contributed by atoms with E-state index in [1.807, 2.05) is 17.9 Å². The highest BCUT2D eigenvalue weighted by atomic mass is 16.3. The lowest BCUT2D eigenvalue weighted by atomic mass is 9.91. The van der Waals surface area contributed by atoms with Gasteiger partial charge in [0, 0.05) is 13.1 Å². The van der Waals surface area contributed by atoms with E-state index >= 15 is 0 Å². The van der Waals surface area contributed by atoms with E-state index in [4.69, 9.17) is 0 Å². The molecule has 1 aliphatic heterocycles. The van der Waals surface area contributed by atoms with Crippen molar-refractivity contribution in [1.82, 2.24) is 4.90 Å². The Bertz CT molecular complexity index is 446. The summed E-state index contributed by atoms with van der Waals surface area (Å²) in [6.07, 6.45) is 1.17. The molecule has 0 bridgehead atoms. The fourth-order valence-corrected chi connectivity index (χ4v) is 2.82. The average Bonchev–Trinajstić information content (AvgIpc) is 2.26. The Hall–Kier alpha value is -1.51. The van der Waals surface area contributed by atoms with Crippen LogP contribution in [0, 0.1) is 18.8 Å². The lowest BCUT2D eigenvalue weighted by molar-refractivity contribution is 0.0620. The molecule has 1 amide bonds. The van der Waals surface area contributed by atoms with Crippen molar-refractivity contribution in [2.24, 2.45) is 11.8 Å². The third-order valence-corrected chi connectivity index (χ3v) is 3.54. The van der Waals surface area contributed by atoms with Crippen LogP contribution in [0.5, 0.6) is 5.75 Å². The quantitative estimate of drug-likeness (QED) is 0.829. The van der Waals surface area contributed by atoms with Gasteiger partial charge in [0.2, 0.25) is 0 Å². The molecule has 1 heterocycles. The molecule has 0 aliphatic carbocycles. The SMILES string of the molecule is Cc1ccc(C(=O)N2CC(C)CC(C)C2)c(O)c1. The number of carbonyl (C=O) groups excluding carboxylic acids is 1. The van der Waals surface area contributed by atoms with Gasteiger partial charge in [-0.1, -0.05) is 19.9 Å². The van der Waals surface area contributed by atoms with Gasteiger partial charge in [-0.3, -0.25) is 4.79 Å². The number of nitrogens with zero attached hydrogens (tertiary/aromatic N) is 1. The van der Waals surface area contributed by atoms with Crippen LogP contribution in [0.2, 0.25) is 0 Å². The number of hydrogen-bond acceptors (Lipinski definition) is 2. The van der Waals surface area contributed by atoms with E-state index in [0.29, 0.717) is 17.4 Å². The Labute approximate surface area is 108 Å². The summed E-state index contributed by atoms with van der Waals surface area (Å²) in [5.74, 6) is 1.10. The van der Waals surface area contributed by atoms with Crippen LogP contribution < -0.4 is 0 Å². The van der Waals surface area contributed by atoms with Gasteiger partial charge in [-0.05, 0) is 42.9 Å². The van der Waals surface area contributed by atoms with Crippen LogP contribution >= 0.6 is 0 Å². The Morgan fingerprint density at radius 3 is 2.44 bits per heavy atom. The zero-order chi connectivity index (χ0) is 13.3. The highest BCUT2D eigenvalue weighted by Crippen LogP contribution is 2.25. The number of rotatable bonds is 1. The van der Waals surface area contributed by atoms with Gasteiger partial charge < -0.3 is 10.0 Å². The maximum atomic E-state index is 12.4. The van der Waals surface area contributed by atoms with Crippen LogP contribution in [0.15, 0.2) is 18.2 Å². The van der Waals surface area contributed by atoms with Gasteiger partial charge in [0.1, 0.15) is 5.75 Å². The summed E-state index contributed by atoms with van der Waals surface area (Å²) in [5, 5.41) is 9.88. The molecule has 1 fully saturated rings. The molecule has 2 rings (SSSR count). The third kappa shape index (κ3) is 2.66. The number of aromatic hydroxyl groups is 1. The number of amides is 1. The largest absolute Gasteiger partial charge is 0.507 e. The molecule has 0 saturated carbocycles. The van der Waals surface area contributed by atoms with E-state index in [1.54, 1.807) is 12.1 Å². The predicted octanol–water partition coefficient (Wildman–Crippen LogP) is 2.82. The van der Waals surface area contributed by atoms with E-state index in [1.165, 1.54) is 6.42 Å². The van der Waals surface area contributed by atoms with E-state index in [2.05, 4.69) is 13.8 Å². The van der Waals surface area contributed by atoms with Crippen LogP contribution in [0.1, 0.15) is 36.2 Å². The van der Waals surface area contributed by atoms with Gasteiger partial charge in [-0.15, -0.1) is 0 Å². The second-order valence-corrected chi connectivity index (χ2v) is 5.68. The number of aryl methyl sites for hydroxylation is 1. The molecule has 18 heavy (non-hydrogen) atoms. The number of phenols is 1. The smallest absolute Gasteiger partial charge is 0.257 e. The van der Waals surface area contributed by atoms with Gasteiger partial charge >= 0.3 is 0 Å². The number of carbonyl (C=O) groups is 1. The van der Waals surface area contributed by atoms with Crippen molar-refractivity contribution < 1.29 is 9.90 Å². The van der Waals surface area contributed by atoms with Gasteiger partial charge in [0.15, 0.2) is 0 Å². The summed E-state index contributed by atoms with van der Waals surface area (Å²) in [6.45, 7) is 7.82. The summed E-state index contributed by atoms with van der Waals surface area (Å²) in [7, 11) is 0. The minimum absolute atomic E-state index is 0.0501. The first-order chi connectivity index (χ1) is 8.47. The first-order valence-corrected chi connectivity index (χ1v) is 6.56. The lowest BCUT2D eigenvalue weighted by Crippen LogP contribution is -2.42. The van der Waals surface area contributed by atoms with E-state index in [0.717, 1.165) is 18.7 Å². The summed E-state index contributed by atoms with van der Waals surface area (Å²) in [4.78, 5) is 14.3. The predicted molar refractivity (Wildman–Crippen MR) is 71.7 cm³/mol. The Morgan fingerprint density at radius 2 is 1.89 bits per heavy atom. The summed E-state index contributed by atoms with van der Waals surface area (Å²) >= 11 is 0. The fraction of sp³-hybridized carbons (Fsp3) is 0.533. The molecule has 1 aliphatic rings. The first-order valence-electron chi connectivity index (χ1n) is 6.56. The summed E-state index contributed by atoms with van der Waals surface area (Å²) in [5.41, 5.74) is 1.38. The van der Waals surface area contributed by atoms with Crippen molar-refractivity contribution in [3.8, 4) is 5.75 Å². The summed E-state index contributed by atoms with van der Waals surface area (Å²) < 4.78 is 0. The van der Waals surface area contributed by atoms with Gasteiger partial charge in [-0.2, -0.15) is 0 Å². The molecule has 2 unspecified atom stereocenters. The van der Waals surface area contributed by atoms with Gasteiger partial charge in [0.05, 0.1) is 5.56 Å². The van der Waals surface area contributed by atoms with Crippen LogP contribution in [-0.4, -0.2) is 29.0 Å². The van der Waals surface area contributed by atoms with Crippen molar-refractivity contribution in [2.45, 2.75) is 27.2 Å². The molecular weight excluding hydrogens is 226 g/mol. The number of phenolic OH excluding ortho intramolecular Hbond substituents is 1. The molecule has 0 spiro atoms. The third-order valence-electron chi connectivity index (χ3n) is 3.54. The van der Waals surface area contributed by atoms with Crippen LogP contribution in [-0.2, 0) is 0 Å². The molecule has 98 valence electrons.